The largest absolute Gasteiger partial charge is 0.411 e. The Morgan fingerprint density at radius 1 is 0.698 bits per heavy atom. The summed E-state index contributed by atoms with van der Waals surface area (Å²) in [6.07, 6.45) is 4.55. The van der Waals surface area contributed by atoms with E-state index in [-0.39, 0.29) is 38.4 Å². The zero-order chi connectivity index (χ0) is 37.9. The Bertz CT molecular complexity index is 2030. The Hall–Kier alpha value is -4.19. The van der Waals surface area contributed by atoms with E-state index in [1.807, 2.05) is 0 Å². The third-order valence-electron chi connectivity index (χ3n) is 9.90. The number of benzene rings is 2. The minimum absolute atomic E-state index is 0.0742. The highest BCUT2D eigenvalue weighted by Gasteiger charge is 2.37. The molecule has 4 aromatic rings. The molecule has 0 bridgehead atoms. The minimum Gasteiger partial charge on any atom is -0.411 e. The number of aromatic nitrogens is 2. The van der Waals surface area contributed by atoms with Crippen LogP contribution in [0.3, 0.4) is 0 Å². The fraction of sp³-hybridized carbons (Fsp3) is 0.378. The Labute approximate surface area is 306 Å². The molecule has 0 radical (unpaired) electrons. The van der Waals surface area contributed by atoms with Crippen LogP contribution in [0.4, 0.5) is 8.78 Å². The molecule has 1 N–H and O–H groups in total. The van der Waals surface area contributed by atoms with Crippen molar-refractivity contribution < 1.29 is 49.8 Å². The molecule has 2 aromatic heterocycles. The van der Waals surface area contributed by atoms with Gasteiger partial charge in [-0.2, -0.15) is 0 Å². The average Bonchev–Trinajstić information content (AvgIpc) is 3.18. The van der Waals surface area contributed by atoms with Crippen molar-refractivity contribution in [3.63, 3.8) is 0 Å². The van der Waals surface area contributed by atoms with E-state index in [1.165, 1.54) is 75.1 Å². The molecule has 0 atom stereocenters. The summed E-state index contributed by atoms with van der Waals surface area (Å²) >= 11 is 0. The maximum Gasteiger partial charge on any atom is 0.223 e. The van der Waals surface area contributed by atoms with E-state index < -0.39 is 42.5 Å². The summed E-state index contributed by atoms with van der Waals surface area (Å²) in [5, 5.41) is 12.5. The lowest BCUT2D eigenvalue weighted by Crippen LogP contribution is -2.35. The number of sulfone groups is 2. The van der Waals surface area contributed by atoms with E-state index in [2.05, 4.69) is 15.1 Å². The fourth-order valence-corrected chi connectivity index (χ4v) is 9.24. The molecular formula is C37H39F2N3O9S2. The summed E-state index contributed by atoms with van der Waals surface area (Å²) in [5.74, 6) is -1.45. The lowest BCUT2D eigenvalue weighted by atomic mass is 9.86. The van der Waals surface area contributed by atoms with Gasteiger partial charge in [0.25, 0.3) is 0 Å². The van der Waals surface area contributed by atoms with Crippen LogP contribution in [-0.2, 0) is 62.7 Å². The van der Waals surface area contributed by atoms with Crippen molar-refractivity contribution in [3.05, 3.63) is 107 Å². The van der Waals surface area contributed by atoms with Gasteiger partial charge in [0.15, 0.2) is 10.1 Å². The lowest BCUT2D eigenvalue weighted by Gasteiger charge is -2.36. The summed E-state index contributed by atoms with van der Waals surface area (Å²) in [4.78, 5) is 7.74. The third kappa shape index (κ3) is 8.03. The number of hydrogen-bond donors (Lipinski definition) is 1. The number of nitrogens with zero attached hydrogens (tertiary/aromatic N) is 3. The average molecular weight is 772 g/mol. The van der Waals surface area contributed by atoms with Gasteiger partial charge in [-0.3, -0.25) is 0 Å². The van der Waals surface area contributed by atoms with E-state index in [0.717, 1.165) is 12.1 Å². The first-order valence-corrected chi connectivity index (χ1v) is 19.8. The predicted molar refractivity (Wildman–Crippen MR) is 186 cm³/mol. The number of methoxy groups -OCH3 is 2. The smallest absolute Gasteiger partial charge is 0.223 e. The number of hydrogen-bond acceptors (Lipinski definition) is 12. The van der Waals surface area contributed by atoms with Crippen LogP contribution in [0.5, 0.6) is 0 Å². The predicted octanol–water partition coefficient (Wildman–Crippen LogP) is 5.34. The van der Waals surface area contributed by atoms with Gasteiger partial charge in [-0.15, -0.1) is 0 Å². The summed E-state index contributed by atoms with van der Waals surface area (Å²) in [6, 6.07) is 12.8. The van der Waals surface area contributed by atoms with E-state index in [9.17, 15) is 30.8 Å². The molecule has 0 amide bonds. The first-order chi connectivity index (χ1) is 25.3. The Morgan fingerprint density at radius 2 is 1.09 bits per heavy atom. The molecule has 0 unspecified atom stereocenters. The van der Waals surface area contributed by atoms with E-state index in [4.69, 9.17) is 18.9 Å². The molecule has 282 valence electrons. The summed E-state index contributed by atoms with van der Waals surface area (Å²) in [7, 11) is -5.43. The van der Waals surface area contributed by atoms with Gasteiger partial charge in [0.1, 0.15) is 11.6 Å². The van der Waals surface area contributed by atoms with Gasteiger partial charge < -0.3 is 24.2 Å². The van der Waals surface area contributed by atoms with Gasteiger partial charge in [-0.05, 0) is 70.8 Å². The van der Waals surface area contributed by atoms with Crippen LogP contribution in [0.2, 0.25) is 0 Å². The lowest BCUT2D eigenvalue weighted by molar-refractivity contribution is -0.0952. The van der Waals surface area contributed by atoms with Crippen LogP contribution in [-0.4, -0.2) is 78.4 Å². The molecule has 2 fully saturated rings. The SMILES string of the molecule is COC1(c2cc(F)cc(S(=O)(=O)c3ccc(CC(Cc4ccc(S(=O)(=O)c5cc(F)cc(C6(OC)CCOCC6)c5)nc4)=NO)cn3)c2)CCOCC1. The second kappa shape index (κ2) is 15.7. The van der Waals surface area contributed by atoms with Crippen LogP contribution < -0.4 is 0 Å². The van der Waals surface area contributed by atoms with Crippen LogP contribution in [0.15, 0.2) is 98.1 Å². The van der Waals surface area contributed by atoms with Gasteiger partial charge in [0, 0.05) is 91.6 Å². The van der Waals surface area contributed by atoms with Gasteiger partial charge >= 0.3 is 0 Å². The zero-order valence-electron chi connectivity index (χ0n) is 29.1. The molecule has 2 aliphatic heterocycles. The molecule has 6 rings (SSSR count). The van der Waals surface area contributed by atoms with Crippen LogP contribution in [0.1, 0.15) is 47.9 Å². The zero-order valence-corrected chi connectivity index (χ0v) is 30.8. The molecule has 0 aliphatic carbocycles. The fourth-order valence-electron chi connectivity index (χ4n) is 6.78. The summed E-state index contributed by atoms with van der Waals surface area (Å²) < 4.78 is 106. The second-order valence-corrected chi connectivity index (χ2v) is 16.8. The standard InChI is InChI=1S/C37H39F2N3O9S2/c1-48-36(7-11-50-12-8-36)27-17-29(38)21-32(19-27)52(44,45)34-5-3-25(23-40-34)15-31(42-43)16-26-4-6-35(41-24-26)53(46,47)33-20-28(18-30(39)22-33)37(49-2)9-13-51-14-10-37/h3-6,17-24,43H,7-16H2,1-2H3. The molecule has 53 heavy (non-hydrogen) atoms. The molecule has 0 saturated carbocycles. The molecule has 4 heterocycles. The van der Waals surface area contributed by atoms with E-state index in [0.29, 0.717) is 74.4 Å². The highest BCUT2D eigenvalue weighted by Crippen LogP contribution is 2.39. The Balaban J connectivity index is 1.15. The molecule has 2 aliphatic rings. The maximum absolute atomic E-state index is 14.8. The second-order valence-electron chi connectivity index (χ2n) is 13.0. The highest BCUT2D eigenvalue weighted by molar-refractivity contribution is 7.91. The van der Waals surface area contributed by atoms with Crippen molar-refractivity contribution in [1.29, 1.82) is 0 Å². The van der Waals surface area contributed by atoms with Crippen LogP contribution >= 0.6 is 0 Å². The summed E-state index contributed by atoms with van der Waals surface area (Å²) in [6.45, 7) is 1.57. The van der Waals surface area contributed by atoms with E-state index >= 15 is 0 Å². The first kappa shape index (κ1) is 38.5. The van der Waals surface area contributed by atoms with Crippen molar-refractivity contribution in [2.24, 2.45) is 5.16 Å². The summed E-state index contributed by atoms with van der Waals surface area (Å²) in [5.41, 5.74) is 0.334. The van der Waals surface area contributed by atoms with Crippen molar-refractivity contribution >= 4 is 25.4 Å². The number of pyridine rings is 2. The molecular weight excluding hydrogens is 733 g/mol. The molecule has 2 saturated heterocycles. The van der Waals surface area contributed by atoms with Gasteiger partial charge in [0.05, 0.1) is 26.7 Å². The first-order valence-electron chi connectivity index (χ1n) is 16.8. The monoisotopic (exact) mass is 771 g/mol. The Morgan fingerprint density at radius 3 is 1.42 bits per heavy atom. The van der Waals surface area contributed by atoms with Gasteiger partial charge in [0.2, 0.25) is 19.7 Å². The van der Waals surface area contributed by atoms with Crippen molar-refractivity contribution in [2.75, 3.05) is 40.6 Å². The molecule has 2 aromatic carbocycles. The quantitative estimate of drug-likeness (QED) is 0.112. The minimum atomic E-state index is -4.22. The van der Waals surface area contributed by atoms with Crippen LogP contribution in [0, 0.1) is 11.6 Å². The van der Waals surface area contributed by atoms with E-state index in [1.54, 1.807) is 0 Å². The number of ether oxygens (including phenoxy) is 4. The maximum atomic E-state index is 14.8. The number of halogens is 2. The van der Waals surface area contributed by atoms with Crippen LogP contribution in [0.25, 0.3) is 0 Å². The van der Waals surface area contributed by atoms with Crippen molar-refractivity contribution in [1.82, 2.24) is 9.97 Å². The normalized spacial score (nSPS) is 17.3. The highest BCUT2D eigenvalue weighted by atomic mass is 32.2. The van der Waals surface area contributed by atoms with Crippen molar-refractivity contribution in [2.45, 2.75) is 69.6 Å². The third-order valence-corrected chi connectivity index (χ3v) is 13.2. The van der Waals surface area contributed by atoms with Gasteiger partial charge in [-0.25, -0.2) is 35.6 Å². The topological polar surface area (TPSA) is 164 Å². The van der Waals surface area contributed by atoms with Gasteiger partial charge in [-0.1, -0.05) is 17.3 Å². The molecule has 0 spiro atoms. The van der Waals surface area contributed by atoms with Crippen molar-refractivity contribution in [3.8, 4) is 0 Å². The number of rotatable bonds is 12. The number of oxime groups is 1. The molecule has 12 nitrogen and oxygen atoms in total. The Kier molecular flexibility index (Phi) is 11.4. The molecule has 16 heteroatoms.